The van der Waals surface area contributed by atoms with Gasteiger partial charge in [-0.05, 0) is 26.8 Å². The summed E-state index contributed by atoms with van der Waals surface area (Å²) in [7, 11) is 0. The summed E-state index contributed by atoms with van der Waals surface area (Å²) in [6, 6.07) is 8.23. The van der Waals surface area contributed by atoms with Gasteiger partial charge in [-0.1, -0.05) is 18.2 Å². The highest BCUT2D eigenvalue weighted by Gasteiger charge is 2.27. The van der Waals surface area contributed by atoms with Crippen LogP contribution >= 0.6 is 0 Å². The van der Waals surface area contributed by atoms with E-state index in [0.29, 0.717) is 13.1 Å². The Balaban J connectivity index is 0.000000471. The van der Waals surface area contributed by atoms with E-state index in [-0.39, 0.29) is 6.09 Å². The monoisotopic (exact) mass is 332 g/mol. The van der Waals surface area contributed by atoms with Gasteiger partial charge in [0.05, 0.1) is 6.54 Å². The summed E-state index contributed by atoms with van der Waals surface area (Å²) in [5.41, 5.74) is 3.16. The molecule has 0 radical (unpaired) electrons. The Morgan fingerprint density at radius 3 is 2.50 bits per heavy atom. The quantitative estimate of drug-likeness (QED) is 0.773. The molecule has 0 bridgehead atoms. The van der Waals surface area contributed by atoms with Gasteiger partial charge >= 0.3 is 6.09 Å². The molecule has 0 fully saturated rings. The van der Waals surface area contributed by atoms with E-state index in [0.717, 1.165) is 18.9 Å². The van der Waals surface area contributed by atoms with Gasteiger partial charge < -0.3 is 19.7 Å². The number of H-pyrrole nitrogens is 1. The van der Waals surface area contributed by atoms with Crippen molar-refractivity contribution in [3.05, 3.63) is 35.5 Å². The fourth-order valence-corrected chi connectivity index (χ4v) is 2.65. The van der Waals surface area contributed by atoms with Crippen molar-refractivity contribution >= 4 is 23.0 Å². The Morgan fingerprint density at radius 2 is 1.88 bits per heavy atom. The molecular formula is C18H24N2O4. The Hall–Kier alpha value is -2.50. The number of nitrogens with one attached hydrogen (secondary N) is 1. The molecule has 0 saturated heterocycles. The van der Waals surface area contributed by atoms with E-state index in [4.69, 9.17) is 14.6 Å². The van der Waals surface area contributed by atoms with Gasteiger partial charge in [-0.15, -0.1) is 0 Å². The van der Waals surface area contributed by atoms with Gasteiger partial charge in [0.15, 0.2) is 0 Å². The third kappa shape index (κ3) is 4.50. The minimum atomic E-state index is -0.833. The number of hydrogen-bond acceptors (Lipinski definition) is 3. The number of carboxylic acid groups (broad SMARTS) is 1. The summed E-state index contributed by atoms with van der Waals surface area (Å²) in [5, 5.41) is 8.62. The van der Waals surface area contributed by atoms with Crippen LogP contribution in [0.4, 0.5) is 4.79 Å². The smallest absolute Gasteiger partial charge is 0.410 e. The lowest BCUT2D eigenvalue weighted by Gasteiger charge is -2.30. The molecule has 0 atom stereocenters. The van der Waals surface area contributed by atoms with E-state index < -0.39 is 11.6 Å². The molecule has 2 heterocycles. The van der Waals surface area contributed by atoms with Crippen LogP contribution in [0.1, 0.15) is 39.0 Å². The zero-order chi connectivity index (χ0) is 17.9. The summed E-state index contributed by atoms with van der Waals surface area (Å²) in [6.07, 6.45) is 0.622. The lowest BCUT2D eigenvalue weighted by molar-refractivity contribution is -0.134. The number of nitrogens with zero attached hydrogens (tertiary/aromatic N) is 1. The largest absolute Gasteiger partial charge is 0.481 e. The van der Waals surface area contributed by atoms with E-state index in [1.807, 2.05) is 32.9 Å². The number of benzene rings is 1. The lowest BCUT2D eigenvalue weighted by Crippen LogP contribution is -2.39. The highest BCUT2D eigenvalue weighted by molar-refractivity contribution is 5.85. The molecule has 6 heteroatoms. The molecule has 24 heavy (non-hydrogen) atoms. The third-order valence-electron chi connectivity index (χ3n) is 3.53. The fraction of sp³-hybridized carbons (Fsp3) is 0.444. The van der Waals surface area contributed by atoms with Crippen molar-refractivity contribution in [3.63, 3.8) is 0 Å². The second-order valence-corrected chi connectivity index (χ2v) is 6.80. The van der Waals surface area contributed by atoms with Crippen LogP contribution in [0, 0.1) is 0 Å². The van der Waals surface area contributed by atoms with Crippen LogP contribution < -0.4 is 0 Å². The maximum atomic E-state index is 12.2. The molecular weight excluding hydrogens is 308 g/mol. The summed E-state index contributed by atoms with van der Waals surface area (Å²) < 4.78 is 5.46. The van der Waals surface area contributed by atoms with Crippen LogP contribution in [0.2, 0.25) is 0 Å². The highest BCUT2D eigenvalue weighted by atomic mass is 16.6. The molecule has 130 valence electrons. The van der Waals surface area contributed by atoms with Crippen molar-refractivity contribution in [1.29, 1.82) is 0 Å². The number of rotatable bonds is 0. The molecule has 0 saturated carbocycles. The number of para-hydroxylation sites is 1. The normalized spacial score (nSPS) is 13.8. The molecule has 2 N–H and O–H groups in total. The summed E-state index contributed by atoms with van der Waals surface area (Å²) in [6.45, 7) is 8.09. The second kappa shape index (κ2) is 6.95. The number of ether oxygens (including phenoxy) is 1. The van der Waals surface area contributed by atoms with E-state index in [1.165, 1.54) is 16.6 Å². The predicted molar refractivity (Wildman–Crippen MR) is 92.0 cm³/mol. The predicted octanol–water partition coefficient (Wildman–Crippen LogP) is 3.55. The van der Waals surface area contributed by atoms with Gasteiger partial charge in [0.2, 0.25) is 0 Å². The molecule has 1 aromatic heterocycles. The van der Waals surface area contributed by atoms with Crippen molar-refractivity contribution in [2.45, 2.75) is 46.3 Å². The number of aromatic amines is 1. The number of carbonyl (C=O) groups is 2. The number of hydrogen-bond donors (Lipinski definition) is 2. The topological polar surface area (TPSA) is 82.6 Å². The zero-order valence-electron chi connectivity index (χ0n) is 14.5. The third-order valence-corrected chi connectivity index (χ3v) is 3.53. The Bertz CT molecular complexity index is 739. The molecule has 2 aromatic rings. The van der Waals surface area contributed by atoms with Crippen molar-refractivity contribution < 1.29 is 19.4 Å². The molecule has 3 rings (SSSR count). The van der Waals surface area contributed by atoms with Crippen LogP contribution in [0.3, 0.4) is 0 Å². The fourth-order valence-electron chi connectivity index (χ4n) is 2.65. The Kier molecular flexibility index (Phi) is 5.17. The van der Waals surface area contributed by atoms with Crippen LogP contribution in [-0.4, -0.2) is 39.2 Å². The summed E-state index contributed by atoms with van der Waals surface area (Å²) in [4.78, 5) is 26.4. The van der Waals surface area contributed by atoms with Gasteiger partial charge in [0.1, 0.15) is 5.60 Å². The Labute approximate surface area is 141 Å². The van der Waals surface area contributed by atoms with Gasteiger partial charge in [-0.2, -0.15) is 0 Å². The van der Waals surface area contributed by atoms with Crippen molar-refractivity contribution in [1.82, 2.24) is 9.88 Å². The van der Waals surface area contributed by atoms with Gasteiger partial charge in [0.25, 0.3) is 5.97 Å². The molecule has 0 unspecified atom stereocenters. The molecule has 1 aliphatic heterocycles. The van der Waals surface area contributed by atoms with Crippen LogP contribution in [-0.2, 0) is 22.5 Å². The zero-order valence-corrected chi connectivity index (χ0v) is 14.5. The van der Waals surface area contributed by atoms with Crippen molar-refractivity contribution in [2.75, 3.05) is 6.54 Å². The molecule has 0 aliphatic carbocycles. The van der Waals surface area contributed by atoms with Crippen molar-refractivity contribution in [3.8, 4) is 0 Å². The number of aromatic nitrogens is 1. The van der Waals surface area contributed by atoms with Gasteiger partial charge in [-0.25, -0.2) is 4.79 Å². The van der Waals surface area contributed by atoms with Crippen molar-refractivity contribution in [2.24, 2.45) is 0 Å². The van der Waals surface area contributed by atoms with E-state index in [2.05, 4.69) is 17.1 Å². The first kappa shape index (κ1) is 17.8. The SMILES string of the molecule is CC(=O)O.CC(C)(C)OC(=O)N1CCc2[nH]c3ccccc3c2C1. The number of amides is 1. The molecule has 0 spiro atoms. The van der Waals surface area contributed by atoms with E-state index in [1.54, 1.807) is 4.90 Å². The lowest BCUT2D eigenvalue weighted by atomic mass is 10.1. The average Bonchev–Trinajstić information content (AvgIpc) is 2.82. The minimum Gasteiger partial charge on any atom is -0.481 e. The number of carbonyl (C=O) groups excluding carboxylic acids is 1. The molecule has 1 aromatic carbocycles. The summed E-state index contributed by atoms with van der Waals surface area (Å²) in [5.74, 6) is -0.833. The first-order chi connectivity index (χ1) is 11.2. The second-order valence-electron chi connectivity index (χ2n) is 6.80. The van der Waals surface area contributed by atoms with Crippen LogP contribution in [0.25, 0.3) is 10.9 Å². The highest BCUT2D eigenvalue weighted by Crippen LogP contribution is 2.28. The maximum absolute atomic E-state index is 12.2. The first-order valence-electron chi connectivity index (χ1n) is 7.93. The molecule has 6 nitrogen and oxygen atoms in total. The number of aliphatic carboxylic acids is 1. The van der Waals surface area contributed by atoms with E-state index >= 15 is 0 Å². The average molecular weight is 332 g/mol. The Morgan fingerprint density at radius 1 is 1.25 bits per heavy atom. The number of carboxylic acids is 1. The van der Waals surface area contributed by atoms with Gasteiger partial charge in [-0.3, -0.25) is 4.79 Å². The summed E-state index contributed by atoms with van der Waals surface area (Å²) >= 11 is 0. The number of fused-ring (bicyclic) bond motifs is 3. The standard InChI is InChI=1S/C16H20N2O2.C2H4O2/c1-16(2,3)20-15(19)18-9-8-14-12(10-18)11-6-4-5-7-13(11)17-14;1-2(3)4/h4-7,17H,8-10H2,1-3H3;1H3,(H,3,4). The maximum Gasteiger partial charge on any atom is 0.410 e. The molecule has 1 amide bonds. The van der Waals surface area contributed by atoms with Crippen LogP contribution in [0.15, 0.2) is 24.3 Å². The van der Waals surface area contributed by atoms with Gasteiger partial charge in [0, 0.05) is 42.0 Å². The van der Waals surface area contributed by atoms with Crippen LogP contribution in [0.5, 0.6) is 0 Å². The minimum absolute atomic E-state index is 0.228. The van der Waals surface area contributed by atoms with E-state index in [9.17, 15) is 4.79 Å². The molecule has 1 aliphatic rings. The first-order valence-corrected chi connectivity index (χ1v) is 7.93.